The molecule has 0 amide bonds. The maximum absolute atomic E-state index is 4.54. The Bertz CT molecular complexity index is 209. The summed E-state index contributed by atoms with van der Waals surface area (Å²) in [5.74, 6) is 0. The summed E-state index contributed by atoms with van der Waals surface area (Å²) in [7, 11) is 0. The molecule has 1 heterocycles. The number of thioether (sulfide) groups is 1. The highest BCUT2D eigenvalue weighted by Crippen LogP contribution is 2.25. The van der Waals surface area contributed by atoms with Crippen LogP contribution in [-0.4, -0.2) is 22.5 Å². The predicted octanol–water partition coefficient (Wildman–Crippen LogP) is 3.04. The van der Waals surface area contributed by atoms with Crippen molar-refractivity contribution in [3.63, 3.8) is 0 Å². The molecule has 1 atom stereocenters. The van der Waals surface area contributed by atoms with Crippen LogP contribution in [0.1, 0.15) is 47.0 Å². The zero-order chi connectivity index (χ0) is 10.6. The van der Waals surface area contributed by atoms with Gasteiger partial charge >= 0.3 is 0 Å². The normalized spacial score (nSPS) is 22.3. The second kappa shape index (κ2) is 5.06. The molecule has 0 saturated heterocycles. The molecule has 1 unspecified atom stereocenters. The lowest BCUT2D eigenvalue weighted by atomic mass is 9.96. The Balaban J connectivity index is 2.45. The summed E-state index contributed by atoms with van der Waals surface area (Å²) >= 11 is 1.91. The van der Waals surface area contributed by atoms with Gasteiger partial charge in [0.2, 0.25) is 0 Å². The van der Waals surface area contributed by atoms with Crippen LogP contribution in [-0.2, 0) is 0 Å². The fraction of sp³-hybridized carbons (Fsp3) is 0.909. The van der Waals surface area contributed by atoms with E-state index in [4.69, 9.17) is 0 Å². The quantitative estimate of drug-likeness (QED) is 0.778. The zero-order valence-corrected chi connectivity index (χ0v) is 10.6. The maximum atomic E-state index is 4.54. The number of nitrogens with zero attached hydrogens (tertiary/aromatic N) is 1. The molecule has 1 rings (SSSR count). The topological polar surface area (TPSA) is 24.4 Å². The SMILES string of the molecule is CCC1CN=C(NC(C)(CC)CC)S1. The molecular weight excluding hydrogens is 192 g/mol. The van der Waals surface area contributed by atoms with E-state index >= 15 is 0 Å². The number of hydrogen-bond donors (Lipinski definition) is 1. The molecule has 82 valence electrons. The number of rotatable bonds is 4. The third-order valence-electron chi connectivity index (χ3n) is 3.14. The lowest BCUT2D eigenvalue weighted by Crippen LogP contribution is -2.43. The molecule has 0 saturated carbocycles. The number of amidine groups is 1. The monoisotopic (exact) mass is 214 g/mol. The zero-order valence-electron chi connectivity index (χ0n) is 9.76. The van der Waals surface area contributed by atoms with Gasteiger partial charge in [-0.05, 0) is 26.2 Å². The third-order valence-corrected chi connectivity index (χ3v) is 4.41. The molecular formula is C11H22N2S. The van der Waals surface area contributed by atoms with Crippen molar-refractivity contribution in [1.29, 1.82) is 0 Å². The van der Waals surface area contributed by atoms with Gasteiger partial charge in [0.1, 0.15) is 0 Å². The molecule has 0 bridgehead atoms. The first-order chi connectivity index (χ1) is 6.63. The highest BCUT2D eigenvalue weighted by atomic mass is 32.2. The summed E-state index contributed by atoms with van der Waals surface area (Å²) in [5, 5.41) is 5.43. The molecule has 3 heteroatoms. The van der Waals surface area contributed by atoms with Crippen LogP contribution < -0.4 is 5.32 Å². The van der Waals surface area contributed by atoms with E-state index in [1.54, 1.807) is 0 Å². The van der Waals surface area contributed by atoms with E-state index in [9.17, 15) is 0 Å². The van der Waals surface area contributed by atoms with Gasteiger partial charge in [-0.2, -0.15) is 0 Å². The summed E-state index contributed by atoms with van der Waals surface area (Å²) in [5.41, 5.74) is 0.231. The van der Waals surface area contributed by atoms with E-state index in [1.165, 1.54) is 6.42 Å². The molecule has 2 nitrogen and oxygen atoms in total. The summed E-state index contributed by atoms with van der Waals surface area (Å²) in [6.45, 7) is 9.96. The minimum Gasteiger partial charge on any atom is -0.360 e. The maximum Gasteiger partial charge on any atom is 0.157 e. The van der Waals surface area contributed by atoms with Crippen LogP contribution in [0.5, 0.6) is 0 Å². The van der Waals surface area contributed by atoms with E-state index in [-0.39, 0.29) is 5.54 Å². The van der Waals surface area contributed by atoms with Crippen molar-refractivity contribution in [3.8, 4) is 0 Å². The molecule has 1 N–H and O–H groups in total. The number of aliphatic imine (C=N–C) groups is 1. The van der Waals surface area contributed by atoms with Gasteiger partial charge in [0.15, 0.2) is 5.17 Å². The first kappa shape index (κ1) is 11.9. The number of nitrogens with one attached hydrogen (secondary N) is 1. The Morgan fingerprint density at radius 3 is 2.50 bits per heavy atom. The Morgan fingerprint density at radius 1 is 1.43 bits per heavy atom. The van der Waals surface area contributed by atoms with Crippen LogP contribution in [0.2, 0.25) is 0 Å². The Hall–Kier alpha value is -0.180. The first-order valence-corrected chi connectivity index (χ1v) is 6.50. The molecule has 0 aliphatic carbocycles. The van der Waals surface area contributed by atoms with Gasteiger partial charge in [-0.3, -0.25) is 4.99 Å². The first-order valence-electron chi connectivity index (χ1n) is 5.62. The Morgan fingerprint density at radius 2 is 2.07 bits per heavy atom. The molecule has 0 aromatic rings. The van der Waals surface area contributed by atoms with Gasteiger partial charge in [0, 0.05) is 10.8 Å². The third kappa shape index (κ3) is 2.91. The van der Waals surface area contributed by atoms with Crippen LogP contribution in [0.15, 0.2) is 4.99 Å². The van der Waals surface area contributed by atoms with Crippen LogP contribution in [0.4, 0.5) is 0 Å². The highest BCUT2D eigenvalue weighted by molar-refractivity contribution is 8.14. The van der Waals surface area contributed by atoms with Gasteiger partial charge in [0.05, 0.1) is 6.54 Å². The van der Waals surface area contributed by atoms with Crippen LogP contribution in [0.3, 0.4) is 0 Å². The van der Waals surface area contributed by atoms with Crippen LogP contribution in [0, 0.1) is 0 Å². The predicted molar refractivity (Wildman–Crippen MR) is 66.1 cm³/mol. The second-order valence-electron chi connectivity index (χ2n) is 4.19. The lowest BCUT2D eigenvalue weighted by Gasteiger charge is -2.29. The molecule has 1 aliphatic rings. The fourth-order valence-corrected chi connectivity index (χ4v) is 2.47. The minimum absolute atomic E-state index is 0.231. The van der Waals surface area contributed by atoms with E-state index in [0.717, 1.165) is 24.6 Å². The summed E-state index contributed by atoms with van der Waals surface area (Å²) < 4.78 is 0. The van der Waals surface area contributed by atoms with Gasteiger partial charge in [0.25, 0.3) is 0 Å². The van der Waals surface area contributed by atoms with Crippen molar-refractivity contribution in [2.24, 2.45) is 4.99 Å². The van der Waals surface area contributed by atoms with Gasteiger partial charge < -0.3 is 5.32 Å². The van der Waals surface area contributed by atoms with E-state index in [1.807, 2.05) is 11.8 Å². The average molecular weight is 214 g/mol. The summed E-state index contributed by atoms with van der Waals surface area (Å²) in [6, 6.07) is 0. The second-order valence-corrected chi connectivity index (χ2v) is 5.48. The van der Waals surface area contributed by atoms with Crippen molar-refractivity contribution in [3.05, 3.63) is 0 Å². The summed E-state index contributed by atoms with van der Waals surface area (Å²) in [6.07, 6.45) is 3.52. The molecule has 0 aromatic carbocycles. The Kier molecular flexibility index (Phi) is 4.30. The highest BCUT2D eigenvalue weighted by Gasteiger charge is 2.25. The van der Waals surface area contributed by atoms with Crippen LogP contribution in [0.25, 0.3) is 0 Å². The van der Waals surface area contributed by atoms with Gasteiger partial charge in [-0.1, -0.05) is 32.5 Å². The van der Waals surface area contributed by atoms with Crippen molar-refractivity contribution in [2.45, 2.75) is 57.7 Å². The van der Waals surface area contributed by atoms with E-state index in [0.29, 0.717) is 5.25 Å². The van der Waals surface area contributed by atoms with Gasteiger partial charge in [-0.25, -0.2) is 0 Å². The molecule has 0 radical (unpaired) electrons. The largest absolute Gasteiger partial charge is 0.360 e. The van der Waals surface area contributed by atoms with E-state index in [2.05, 4.69) is 38.0 Å². The molecule has 14 heavy (non-hydrogen) atoms. The molecule has 0 aromatic heterocycles. The number of hydrogen-bond acceptors (Lipinski definition) is 3. The minimum atomic E-state index is 0.231. The fourth-order valence-electron chi connectivity index (χ4n) is 1.38. The average Bonchev–Trinajstić information content (AvgIpc) is 2.65. The van der Waals surface area contributed by atoms with Crippen molar-refractivity contribution < 1.29 is 0 Å². The molecule has 0 fully saturated rings. The lowest BCUT2D eigenvalue weighted by molar-refractivity contribution is 0.391. The van der Waals surface area contributed by atoms with E-state index < -0.39 is 0 Å². The molecule has 1 aliphatic heterocycles. The van der Waals surface area contributed by atoms with Crippen LogP contribution >= 0.6 is 11.8 Å². The van der Waals surface area contributed by atoms with Gasteiger partial charge in [-0.15, -0.1) is 0 Å². The summed E-state index contributed by atoms with van der Waals surface area (Å²) in [4.78, 5) is 4.54. The van der Waals surface area contributed by atoms with Crippen molar-refractivity contribution >= 4 is 16.9 Å². The van der Waals surface area contributed by atoms with Crippen molar-refractivity contribution in [2.75, 3.05) is 6.54 Å². The standard InChI is InChI=1S/C11H22N2S/c1-5-9-8-12-10(14-9)13-11(4,6-2)7-3/h9H,5-8H2,1-4H3,(H,12,13). The molecule has 0 spiro atoms. The smallest absolute Gasteiger partial charge is 0.157 e. The Labute approximate surface area is 92.0 Å². The van der Waals surface area contributed by atoms with Crippen molar-refractivity contribution in [1.82, 2.24) is 5.32 Å².